The Hall–Kier alpha value is -1.10. The zero-order valence-corrected chi connectivity index (χ0v) is 9.39. The van der Waals surface area contributed by atoms with Crippen LogP contribution in [0, 0.1) is 0 Å². The van der Waals surface area contributed by atoms with Crippen LogP contribution in [0.1, 0.15) is 18.8 Å². The lowest BCUT2D eigenvalue weighted by molar-refractivity contribution is -0.190. The fourth-order valence-electron chi connectivity index (χ4n) is 1.63. The number of hydrogen-bond donors (Lipinski definition) is 1. The first-order valence-corrected chi connectivity index (χ1v) is 5.51. The van der Waals surface area contributed by atoms with E-state index in [0.717, 1.165) is 11.3 Å². The van der Waals surface area contributed by atoms with E-state index in [-0.39, 0.29) is 12.3 Å². The molecule has 0 spiro atoms. The highest BCUT2D eigenvalue weighted by Crippen LogP contribution is 2.25. The van der Waals surface area contributed by atoms with E-state index in [0.29, 0.717) is 19.8 Å². The van der Waals surface area contributed by atoms with Crippen LogP contribution >= 0.6 is 0 Å². The van der Waals surface area contributed by atoms with Crippen molar-refractivity contribution in [2.45, 2.75) is 19.3 Å². The minimum Gasteiger partial charge on any atom is -0.494 e. The van der Waals surface area contributed by atoms with Gasteiger partial charge in [0.2, 0.25) is 0 Å². The summed E-state index contributed by atoms with van der Waals surface area (Å²) in [7, 11) is 0. The van der Waals surface area contributed by atoms with E-state index in [1.54, 1.807) is 0 Å². The van der Waals surface area contributed by atoms with Gasteiger partial charge in [0.05, 0.1) is 25.9 Å². The lowest BCUT2D eigenvalue weighted by Gasteiger charge is -2.27. The van der Waals surface area contributed by atoms with Gasteiger partial charge in [0.15, 0.2) is 6.29 Å². The first kappa shape index (κ1) is 11.4. The molecular formula is C12H17NO3. The standard InChI is InChI=1S/C12H17NO3/c1-2-14-11-5-3-4-9(6-11)12-15-7-10(13)8-16-12/h3-6,10,12H,2,7-8,13H2,1H3. The Labute approximate surface area is 95.3 Å². The molecule has 0 saturated carbocycles. The topological polar surface area (TPSA) is 53.7 Å². The Bertz CT molecular complexity index is 335. The Balaban J connectivity index is 2.05. The van der Waals surface area contributed by atoms with Crippen molar-refractivity contribution >= 4 is 0 Å². The van der Waals surface area contributed by atoms with Crippen molar-refractivity contribution in [2.24, 2.45) is 5.73 Å². The molecule has 0 aromatic heterocycles. The lowest BCUT2D eigenvalue weighted by atomic mass is 10.2. The van der Waals surface area contributed by atoms with Gasteiger partial charge in [-0.1, -0.05) is 12.1 Å². The smallest absolute Gasteiger partial charge is 0.184 e. The highest BCUT2D eigenvalue weighted by molar-refractivity contribution is 5.29. The molecule has 0 unspecified atom stereocenters. The molecule has 1 aliphatic rings. The second-order valence-corrected chi connectivity index (χ2v) is 3.76. The van der Waals surface area contributed by atoms with Crippen molar-refractivity contribution in [2.75, 3.05) is 19.8 Å². The number of hydrogen-bond acceptors (Lipinski definition) is 4. The summed E-state index contributed by atoms with van der Waals surface area (Å²) in [5, 5.41) is 0. The molecule has 0 radical (unpaired) electrons. The summed E-state index contributed by atoms with van der Waals surface area (Å²) in [5.74, 6) is 0.835. The highest BCUT2D eigenvalue weighted by atomic mass is 16.7. The van der Waals surface area contributed by atoms with Crippen molar-refractivity contribution in [3.63, 3.8) is 0 Å². The minimum absolute atomic E-state index is 0.0219. The number of benzene rings is 1. The van der Waals surface area contributed by atoms with Gasteiger partial charge < -0.3 is 19.9 Å². The molecule has 88 valence electrons. The van der Waals surface area contributed by atoms with Gasteiger partial charge >= 0.3 is 0 Å². The number of ether oxygens (including phenoxy) is 3. The van der Waals surface area contributed by atoms with Gasteiger partial charge in [-0.3, -0.25) is 0 Å². The van der Waals surface area contributed by atoms with Crippen LogP contribution < -0.4 is 10.5 Å². The van der Waals surface area contributed by atoms with Crippen LogP contribution in [-0.2, 0) is 9.47 Å². The maximum atomic E-state index is 5.68. The normalized spacial score (nSPS) is 25.4. The molecule has 1 fully saturated rings. The van der Waals surface area contributed by atoms with Crippen LogP contribution in [0.5, 0.6) is 5.75 Å². The van der Waals surface area contributed by atoms with Gasteiger partial charge in [0.1, 0.15) is 5.75 Å². The van der Waals surface area contributed by atoms with Gasteiger partial charge in [-0.25, -0.2) is 0 Å². The van der Waals surface area contributed by atoms with Crippen molar-refractivity contribution in [3.05, 3.63) is 29.8 Å². The Morgan fingerprint density at radius 3 is 2.81 bits per heavy atom. The second kappa shape index (κ2) is 5.30. The van der Waals surface area contributed by atoms with E-state index in [9.17, 15) is 0 Å². The molecule has 1 aromatic rings. The molecule has 1 aliphatic heterocycles. The van der Waals surface area contributed by atoms with Crippen molar-refractivity contribution in [1.29, 1.82) is 0 Å². The van der Waals surface area contributed by atoms with Crippen LogP contribution in [0.3, 0.4) is 0 Å². The minimum atomic E-state index is -0.319. The van der Waals surface area contributed by atoms with Crippen LogP contribution in [0.25, 0.3) is 0 Å². The molecule has 1 heterocycles. The third kappa shape index (κ3) is 2.72. The average molecular weight is 223 g/mol. The summed E-state index contributed by atoms with van der Waals surface area (Å²) in [5.41, 5.74) is 6.65. The third-order valence-electron chi connectivity index (χ3n) is 2.36. The highest BCUT2D eigenvalue weighted by Gasteiger charge is 2.21. The summed E-state index contributed by atoms with van der Waals surface area (Å²) in [6.45, 7) is 3.67. The largest absolute Gasteiger partial charge is 0.494 e. The molecule has 1 saturated heterocycles. The lowest BCUT2D eigenvalue weighted by Crippen LogP contribution is -2.37. The molecular weight excluding hydrogens is 206 g/mol. The Kier molecular flexibility index (Phi) is 3.77. The SMILES string of the molecule is CCOc1cccc(C2OCC(N)CO2)c1. The third-order valence-corrected chi connectivity index (χ3v) is 2.36. The fraction of sp³-hybridized carbons (Fsp3) is 0.500. The summed E-state index contributed by atoms with van der Waals surface area (Å²) in [6.07, 6.45) is -0.319. The van der Waals surface area contributed by atoms with E-state index in [1.807, 2.05) is 31.2 Å². The summed E-state index contributed by atoms with van der Waals surface area (Å²) in [6, 6.07) is 7.73. The zero-order chi connectivity index (χ0) is 11.4. The van der Waals surface area contributed by atoms with E-state index in [1.165, 1.54) is 0 Å². The quantitative estimate of drug-likeness (QED) is 0.842. The van der Waals surface area contributed by atoms with Gasteiger partial charge in [0, 0.05) is 5.56 Å². The summed E-state index contributed by atoms with van der Waals surface area (Å²) >= 11 is 0. The zero-order valence-electron chi connectivity index (χ0n) is 9.39. The van der Waals surface area contributed by atoms with Crippen LogP contribution in [0.15, 0.2) is 24.3 Å². The monoisotopic (exact) mass is 223 g/mol. The summed E-state index contributed by atoms with van der Waals surface area (Å²) in [4.78, 5) is 0. The molecule has 0 bridgehead atoms. The number of nitrogens with two attached hydrogens (primary N) is 1. The van der Waals surface area contributed by atoms with Gasteiger partial charge in [-0.05, 0) is 19.1 Å². The van der Waals surface area contributed by atoms with E-state index in [4.69, 9.17) is 19.9 Å². The van der Waals surface area contributed by atoms with Gasteiger partial charge in [0.25, 0.3) is 0 Å². The predicted molar refractivity (Wildman–Crippen MR) is 60.2 cm³/mol. The molecule has 0 atom stereocenters. The van der Waals surface area contributed by atoms with E-state index < -0.39 is 0 Å². The van der Waals surface area contributed by atoms with Crippen molar-refractivity contribution in [1.82, 2.24) is 0 Å². The van der Waals surface area contributed by atoms with Gasteiger partial charge in [-0.2, -0.15) is 0 Å². The summed E-state index contributed by atoms with van der Waals surface area (Å²) < 4.78 is 16.4. The molecule has 4 nitrogen and oxygen atoms in total. The second-order valence-electron chi connectivity index (χ2n) is 3.76. The molecule has 0 aliphatic carbocycles. The maximum Gasteiger partial charge on any atom is 0.184 e. The number of rotatable bonds is 3. The first-order valence-electron chi connectivity index (χ1n) is 5.51. The average Bonchev–Trinajstić information content (AvgIpc) is 2.31. The predicted octanol–water partition coefficient (Wildman–Crippen LogP) is 1.46. The van der Waals surface area contributed by atoms with Gasteiger partial charge in [-0.15, -0.1) is 0 Å². The van der Waals surface area contributed by atoms with Crippen molar-refractivity contribution < 1.29 is 14.2 Å². The maximum absolute atomic E-state index is 5.68. The molecule has 2 rings (SSSR count). The Morgan fingerprint density at radius 1 is 1.38 bits per heavy atom. The van der Waals surface area contributed by atoms with Crippen LogP contribution in [-0.4, -0.2) is 25.9 Å². The molecule has 16 heavy (non-hydrogen) atoms. The van der Waals surface area contributed by atoms with Crippen LogP contribution in [0.2, 0.25) is 0 Å². The fourth-order valence-corrected chi connectivity index (χ4v) is 1.63. The molecule has 0 amide bonds. The first-order chi connectivity index (χ1) is 7.79. The van der Waals surface area contributed by atoms with E-state index >= 15 is 0 Å². The van der Waals surface area contributed by atoms with E-state index in [2.05, 4.69) is 0 Å². The molecule has 4 heteroatoms. The van der Waals surface area contributed by atoms with Crippen LogP contribution in [0.4, 0.5) is 0 Å². The molecule has 2 N–H and O–H groups in total. The van der Waals surface area contributed by atoms with Crippen molar-refractivity contribution in [3.8, 4) is 5.75 Å². The Morgan fingerprint density at radius 2 is 2.12 bits per heavy atom. The molecule has 1 aromatic carbocycles.